The molecule has 0 saturated carbocycles. The maximum atomic E-state index is 12.0. The third-order valence-corrected chi connectivity index (χ3v) is 2.65. The number of hydrogen-bond acceptors (Lipinski definition) is 4. The first kappa shape index (κ1) is 16.5. The molecule has 0 bridgehead atoms. The van der Waals surface area contributed by atoms with Crippen molar-refractivity contribution in [2.45, 2.75) is 52.1 Å². The lowest BCUT2D eigenvalue weighted by atomic mass is 9.95. The molecule has 0 fully saturated rings. The molecule has 114 valence electrons. The molecule has 0 aliphatic carbocycles. The normalized spacial score (nSPS) is 12.6. The number of ether oxygens (including phenoxy) is 1. The van der Waals surface area contributed by atoms with Gasteiger partial charge in [-0.1, -0.05) is 20.8 Å². The van der Waals surface area contributed by atoms with Crippen molar-refractivity contribution < 1.29 is 17.9 Å². The van der Waals surface area contributed by atoms with Crippen LogP contribution in [-0.2, 0) is 5.41 Å². The molecule has 0 amide bonds. The van der Waals surface area contributed by atoms with Crippen molar-refractivity contribution in [3.8, 4) is 5.88 Å². The van der Waals surface area contributed by atoms with E-state index in [-0.39, 0.29) is 30.1 Å². The van der Waals surface area contributed by atoms with Gasteiger partial charge in [-0.3, -0.25) is 0 Å². The van der Waals surface area contributed by atoms with Gasteiger partial charge in [-0.25, -0.2) is 4.98 Å². The van der Waals surface area contributed by atoms with Crippen LogP contribution in [0.5, 0.6) is 5.88 Å². The monoisotopic (exact) mass is 291 g/mol. The van der Waals surface area contributed by atoms with Crippen LogP contribution in [-0.4, -0.2) is 22.8 Å². The van der Waals surface area contributed by atoms with Gasteiger partial charge in [0.15, 0.2) is 0 Å². The molecule has 0 aliphatic heterocycles. The fourth-order valence-electron chi connectivity index (χ4n) is 1.43. The van der Waals surface area contributed by atoms with Crippen molar-refractivity contribution in [1.29, 1.82) is 0 Å². The Balaban J connectivity index is 2.77. The van der Waals surface area contributed by atoms with Crippen LogP contribution in [0.25, 0.3) is 0 Å². The van der Waals surface area contributed by atoms with Gasteiger partial charge in [-0.05, 0) is 13.3 Å². The molecule has 0 saturated heterocycles. The molecule has 0 aliphatic rings. The highest BCUT2D eigenvalue weighted by Gasteiger charge is 2.26. The minimum absolute atomic E-state index is 0.0552. The summed E-state index contributed by atoms with van der Waals surface area (Å²) in [6.07, 6.45) is -5.16. The van der Waals surface area contributed by atoms with Crippen molar-refractivity contribution in [3.63, 3.8) is 0 Å². The molecule has 20 heavy (non-hydrogen) atoms. The Hall–Kier alpha value is -1.53. The lowest BCUT2D eigenvalue weighted by Gasteiger charge is -2.19. The fourth-order valence-corrected chi connectivity index (χ4v) is 1.43. The number of anilines is 1. The van der Waals surface area contributed by atoms with E-state index < -0.39 is 12.6 Å². The number of alkyl halides is 3. The summed E-state index contributed by atoms with van der Waals surface area (Å²) in [7, 11) is 0. The zero-order valence-corrected chi connectivity index (χ0v) is 12.1. The number of hydrogen-bond donors (Lipinski definition) is 1. The summed E-state index contributed by atoms with van der Waals surface area (Å²) in [5.41, 5.74) is 6.01. The topological polar surface area (TPSA) is 61.0 Å². The second-order valence-corrected chi connectivity index (χ2v) is 5.68. The van der Waals surface area contributed by atoms with Crippen molar-refractivity contribution in [3.05, 3.63) is 11.4 Å². The van der Waals surface area contributed by atoms with Gasteiger partial charge in [0.25, 0.3) is 0 Å². The summed E-state index contributed by atoms with van der Waals surface area (Å²) in [5, 5.41) is 0. The summed E-state index contributed by atoms with van der Waals surface area (Å²) in [5.74, 6) is 1.05. The van der Waals surface area contributed by atoms with Crippen LogP contribution in [0.2, 0.25) is 0 Å². The van der Waals surface area contributed by atoms with Gasteiger partial charge < -0.3 is 10.5 Å². The lowest BCUT2D eigenvalue weighted by Crippen LogP contribution is -2.19. The van der Waals surface area contributed by atoms with Crippen LogP contribution in [0.1, 0.15) is 45.0 Å². The van der Waals surface area contributed by atoms with Crippen molar-refractivity contribution in [2.75, 3.05) is 12.3 Å². The second kappa shape index (κ2) is 5.85. The van der Waals surface area contributed by atoms with Crippen LogP contribution >= 0.6 is 0 Å². The highest BCUT2D eigenvalue weighted by Crippen LogP contribution is 2.27. The largest absolute Gasteiger partial charge is 0.477 e. The van der Waals surface area contributed by atoms with Gasteiger partial charge in [-0.2, -0.15) is 18.2 Å². The quantitative estimate of drug-likeness (QED) is 0.864. The van der Waals surface area contributed by atoms with E-state index in [0.29, 0.717) is 11.4 Å². The Labute approximate surface area is 116 Å². The van der Waals surface area contributed by atoms with Gasteiger partial charge in [0.2, 0.25) is 5.88 Å². The molecule has 4 nitrogen and oxygen atoms in total. The van der Waals surface area contributed by atoms with Crippen molar-refractivity contribution in [2.24, 2.45) is 0 Å². The van der Waals surface area contributed by atoms with Crippen molar-refractivity contribution in [1.82, 2.24) is 9.97 Å². The molecule has 1 aromatic heterocycles. The molecule has 2 N–H and O–H groups in total. The van der Waals surface area contributed by atoms with Gasteiger partial charge in [-0.15, -0.1) is 0 Å². The smallest absolute Gasteiger partial charge is 0.389 e. The molecule has 0 radical (unpaired) electrons. The molecule has 0 spiro atoms. The number of nitrogen functional groups attached to an aromatic ring is 1. The summed E-state index contributed by atoms with van der Waals surface area (Å²) >= 11 is 0. The minimum atomic E-state index is -4.17. The molecule has 0 atom stereocenters. The summed E-state index contributed by atoms with van der Waals surface area (Å²) in [4.78, 5) is 8.42. The maximum absolute atomic E-state index is 12.0. The SMILES string of the molecule is Cc1c(N)nc(C(C)(C)C)nc1OCCCC(F)(F)F. The Morgan fingerprint density at radius 1 is 1.15 bits per heavy atom. The zero-order chi connectivity index (χ0) is 15.6. The highest BCUT2D eigenvalue weighted by molar-refractivity contribution is 5.45. The van der Waals surface area contributed by atoms with Crippen LogP contribution in [0.3, 0.4) is 0 Å². The van der Waals surface area contributed by atoms with Gasteiger partial charge in [0.1, 0.15) is 11.6 Å². The van der Waals surface area contributed by atoms with E-state index in [1.165, 1.54) is 0 Å². The summed E-state index contributed by atoms with van der Waals surface area (Å²) in [6, 6.07) is 0. The average Bonchev–Trinajstić information content (AvgIpc) is 2.26. The standard InChI is InChI=1S/C13H20F3N3O/c1-8-9(17)18-11(12(2,3)4)19-10(8)20-7-5-6-13(14,15)16/h5-7H2,1-4H3,(H2,17,18,19). The fraction of sp³-hybridized carbons (Fsp3) is 0.692. The van der Waals surface area contributed by atoms with Gasteiger partial charge in [0, 0.05) is 11.8 Å². The Kier molecular flexibility index (Phi) is 4.83. The number of nitrogens with zero attached hydrogens (tertiary/aromatic N) is 2. The zero-order valence-electron chi connectivity index (χ0n) is 12.1. The van der Waals surface area contributed by atoms with Crippen LogP contribution in [0, 0.1) is 6.92 Å². The molecular formula is C13H20F3N3O. The molecule has 0 unspecified atom stereocenters. The summed E-state index contributed by atoms with van der Waals surface area (Å²) < 4.78 is 41.4. The van der Waals surface area contributed by atoms with E-state index in [4.69, 9.17) is 10.5 Å². The van der Waals surface area contributed by atoms with Crippen molar-refractivity contribution >= 4 is 5.82 Å². The number of aromatic nitrogens is 2. The number of halogens is 3. The third-order valence-electron chi connectivity index (χ3n) is 2.65. The van der Waals surface area contributed by atoms with E-state index in [0.717, 1.165) is 0 Å². The third kappa shape index (κ3) is 4.86. The molecule has 1 rings (SSSR count). The Bertz CT molecular complexity index is 467. The second-order valence-electron chi connectivity index (χ2n) is 5.68. The Morgan fingerprint density at radius 3 is 2.25 bits per heavy atom. The van der Waals surface area contributed by atoms with E-state index in [1.807, 2.05) is 20.8 Å². The molecule has 0 aromatic carbocycles. The van der Waals surface area contributed by atoms with E-state index in [9.17, 15) is 13.2 Å². The molecular weight excluding hydrogens is 271 g/mol. The highest BCUT2D eigenvalue weighted by atomic mass is 19.4. The van der Waals surface area contributed by atoms with E-state index in [1.54, 1.807) is 6.92 Å². The lowest BCUT2D eigenvalue weighted by molar-refractivity contribution is -0.136. The number of rotatable bonds is 4. The van der Waals surface area contributed by atoms with Crippen LogP contribution < -0.4 is 10.5 Å². The predicted molar refractivity (Wildman–Crippen MR) is 70.7 cm³/mol. The molecule has 7 heteroatoms. The average molecular weight is 291 g/mol. The first-order valence-electron chi connectivity index (χ1n) is 6.35. The maximum Gasteiger partial charge on any atom is 0.389 e. The Morgan fingerprint density at radius 2 is 1.75 bits per heavy atom. The van der Waals surface area contributed by atoms with Gasteiger partial charge >= 0.3 is 6.18 Å². The van der Waals surface area contributed by atoms with Crippen LogP contribution in [0.15, 0.2) is 0 Å². The molecule has 1 aromatic rings. The summed E-state index contributed by atoms with van der Waals surface area (Å²) in [6.45, 7) is 7.39. The first-order chi connectivity index (χ1) is 9.00. The minimum Gasteiger partial charge on any atom is -0.477 e. The molecule has 1 heterocycles. The van der Waals surface area contributed by atoms with Crippen LogP contribution in [0.4, 0.5) is 19.0 Å². The number of nitrogens with two attached hydrogens (primary N) is 1. The van der Waals surface area contributed by atoms with Gasteiger partial charge in [0.05, 0.1) is 12.2 Å². The van der Waals surface area contributed by atoms with E-state index >= 15 is 0 Å². The first-order valence-corrected chi connectivity index (χ1v) is 6.35. The van der Waals surface area contributed by atoms with E-state index in [2.05, 4.69) is 9.97 Å². The predicted octanol–water partition coefficient (Wildman–Crippen LogP) is 3.39.